The summed E-state index contributed by atoms with van der Waals surface area (Å²) >= 11 is 0. The molecule has 7 heteroatoms. The van der Waals surface area contributed by atoms with Crippen molar-refractivity contribution in [1.29, 1.82) is 0 Å². The van der Waals surface area contributed by atoms with Crippen LogP contribution >= 0.6 is 0 Å². The van der Waals surface area contributed by atoms with E-state index in [9.17, 15) is 19.2 Å². The SMILES string of the molecule is CCC(=O)NCC(=O)N(C)CC(=O)NCC=O. The molecule has 0 saturated heterocycles. The summed E-state index contributed by atoms with van der Waals surface area (Å²) in [5.74, 6) is -1.01. The predicted molar refractivity (Wildman–Crippen MR) is 60.0 cm³/mol. The summed E-state index contributed by atoms with van der Waals surface area (Å²) in [4.78, 5) is 44.7. The van der Waals surface area contributed by atoms with E-state index in [1.807, 2.05) is 0 Å². The summed E-state index contributed by atoms with van der Waals surface area (Å²) in [6, 6.07) is 0. The van der Waals surface area contributed by atoms with Crippen LogP contribution in [0.3, 0.4) is 0 Å². The van der Waals surface area contributed by atoms with Crippen molar-refractivity contribution in [2.24, 2.45) is 0 Å². The zero-order chi connectivity index (χ0) is 13.3. The molecule has 17 heavy (non-hydrogen) atoms. The van der Waals surface area contributed by atoms with Gasteiger partial charge in [0.05, 0.1) is 19.6 Å². The second-order valence-corrected chi connectivity index (χ2v) is 3.35. The van der Waals surface area contributed by atoms with Crippen molar-refractivity contribution in [1.82, 2.24) is 15.5 Å². The Labute approximate surface area is 99.5 Å². The largest absolute Gasteiger partial charge is 0.348 e. The highest BCUT2D eigenvalue weighted by atomic mass is 16.2. The number of carbonyl (C=O) groups is 4. The van der Waals surface area contributed by atoms with E-state index >= 15 is 0 Å². The third-order valence-electron chi connectivity index (χ3n) is 1.95. The number of hydrogen-bond donors (Lipinski definition) is 2. The van der Waals surface area contributed by atoms with Crippen LogP contribution in [0.25, 0.3) is 0 Å². The minimum atomic E-state index is -0.422. The lowest BCUT2D eigenvalue weighted by Crippen LogP contribution is -2.43. The first kappa shape index (κ1) is 15.1. The van der Waals surface area contributed by atoms with Gasteiger partial charge in [0.2, 0.25) is 17.7 Å². The lowest BCUT2D eigenvalue weighted by molar-refractivity contribution is -0.135. The van der Waals surface area contributed by atoms with Crippen LogP contribution in [0.4, 0.5) is 0 Å². The van der Waals surface area contributed by atoms with Crippen molar-refractivity contribution >= 4 is 24.0 Å². The van der Waals surface area contributed by atoms with Crippen molar-refractivity contribution < 1.29 is 19.2 Å². The Morgan fingerprint density at radius 1 is 1.18 bits per heavy atom. The molecule has 0 radical (unpaired) electrons. The molecule has 3 amide bonds. The Kier molecular flexibility index (Phi) is 7.32. The van der Waals surface area contributed by atoms with Gasteiger partial charge in [0.1, 0.15) is 6.29 Å². The minimum Gasteiger partial charge on any atom is -0.348 e. The fourth-order valence-electron chi connectivity index (χ4n) is 0.949. The van der Waals surface area contributed by atoms with E-state index < -0.39 is 5.91 Å². The molecule has 0 aliphatic carbocycles. The molecule has 0 bridgehead atoms. The van der Waals surface area contributed by atoms with Crippen LogP contribution < -0.4 is 10.6 Å². The summed E-state index contributed by atoms with van der Waals surface area (Å²) in [5.41, 5.74) is 0. The van der Waals surface area contributed by atoms with Crippen molar-refractivity contribution in [3.8, 4) is 0 Å². The van der Waals surface area contributed by atoms with Crippen LogP contribution in [0.5, 0.6) is 0 Å². The topological polar surface area (TPSA) is 95.6 Å². The van der Waals surface area contributed by atoms with Gasteiger partial charge in [0, 0.05) is 13.5 Å². The van der Waals surface area contributed by atoms with Crippen LogP contribution in [-0.2, 0) is 19.2 Å². The van der Waals surface area contributed by atoms with Gasteiger partial charge in [-0.3, -0.25) is 14.4 Å². The van der Waals surface area contributed by atoms with Gasteiger partial charge >= 0.3 is 0 Å². The lowest BCUT2D eigenvalue weighted by atomic mass is 10.4. The Morgan fingerprint density at radius 2 is 1.82 bits per heavy atom. The third kappa shape index (κ3) is 7.04. The molecule has 0 aromatic heterocycles. The Hall–Kier alpha value is -1.92. The zero-order valence-electron chi connectivity index (χ0n) is 9.99. The number of carbonyl (C=O) groups excluding carboxylic acids is 4. The molecule has 0 aliphatic rings. The lowest BCUT2D eigenvalue weighted by Gasteiger charge is -2.16. The van der Waals surface area contributed by atoms with Crippen LogP contribution in [0.2, 0.25) is 0 Å². The first-order valence-corrected chi connectivity index (χ1v) is 5.22. The van der Waals surface area contributed by atoms with Crippen LogP contribution in [0.1, 0.15) is 13.3 Å². The quantitative estimate of drug-likeness (QED) is 0.520. The number of rotatable bonds is 7. The fraction of sp³-hybridized carbons (Fsp3) is 0.600. The maximum atomic E-state index is 11.4. The Morgan fingerprint density at radius 3 is 2.35 bits per heavy atom. The van der Waals surface area contributed by atoms with E-state index in [4.69, 9.17) is 0 Å². The number of aldehydes is 1. The summed E-state index contributed by atoms with van der Waals surface area (Å²) < 4.78 is 0. The molecule has 0 aromatic rings. The molecule has 0 unspecified atom stereocenters. The van der Waals surface area contributed by atoms with Crippen molar-refractivity contribution in [2.45, 2.75) is 13.3 Å². The molecule has 0 saturated carbocycles. The molecule has 2 N–H and O–H groups in total. The first-order chi connectivity index (χ1) is 8.01. The molecule has 0 rings (SSSR count). The van der Waals surface area contributed by atoms with Gasteiger partial charge in [-0.1, -0.05) is 6.92 Å². The van der Waals surface area contributed by atoms with E-state index in [0.29, 0.717) is 12.7 Å². The standard InChI is InChI=1S/C10H17N3O4/c1-3-8(15)12-6-10(17)13(2)7-9(16)11-4-5-14/h5H,3-4,6-7H2,1-2H3,(H,11,16)(H,12,15). The average molecular weight is 243 g/mol. The number of nitrogens with zero attached hydrogens (tertiary/aromatic N) is 1. The molecule has 0 aliphatic heterocycles. The second-order valence-electron chi connectivity index (χ2n) is 3.35. The second kappa shape index (κ2) is 8.26. The molecule has 0 fully saturated rings. The molecular formula is C10H17N3O4. The minimum absolute atomic E-state index is 0.0760. The molecule has 0 atom stereocenters. The monoisotopic (exact) mass is 243 g/mol. The Balaban J connectivity index is 3.92. The molecule has 96 valence electrons. The summed E-state index contributed by atoms with van der Waals surface area (Å²) in [5, 5.41) is 4.72. The maximum Gasteiger partial charge on any atom is 0.242 e. The third-order valence-corrected chi connectivity index (χ3v) is 1.95. The van der Waals surface area contributed by atoms with Crippen molar-refractivity contribution in [3.63, 3.8) is 0 Å². The summed E-state index contributed by atoms with van der Waals surface area (Å²) in [6.07, 6.45) is 0.859. The van der Waals surface area contributed by atoms with Gasteiger partial charge < -0.3 is 20.3 Å². The molecular weight excluding hydrogens is 226 g/mol. The van der Waals surface area contributed by atoms with Gasteiger partial charge in [-0.25, -0.2) is 0 Å². The maximum absolute atomic E-state index is 11.4. The highest BCUT2D eigenvalue weighted by Gasteiger charge is 2.12. The van der Waals surface area contributed by atoms with E-state index in [-0.39, 0.29) is 31.4 Å². The van der Waals surface area contributed by atoms with Gasteiger partial charge in [-0.15, -0.1) is 0 Å². The van der Waals surface area contributed by atoms with E-state index in [2.05, 4.69) is 10.6 Å². The van der Waals surface area contributed by atoms with Crippen molar-refractivity contribution in [2.75, 3.05) is 26.7 Å². The molecule has 0 aromatic carbocycles. The predicted octanol–water partition coefficient (Wildman–Crippen LogP) is -1.71. The smallest absolute Gasteiger partial charge is 0.242 e. The van der Waals surface area contributed by atoms with Gasteiger partial charge in [-0.2, -0.15) is 0 Å². The highest BCUT2D eigenvalue weighted by Crippen LogP contribution is 1.84. The number of nitrogens with one attached hydrogen (secondary N) is 2. The van der Waals surface area contributed by atoms with Crippen LogP contribution in [-0.4, -0.2) is 55.6 Å². The Bertz CT molecular complexity index is 304. The summed E-state index contributed by atoms with van der Waals surface area (Å²) in [7, 11) is 1.45. The van der Waals surface area contributed by atoms with Crippen LogP contribution in [0, 0.1) is 0 Å². The fourth-order valence-corrected chi connectivity index (χ4v) is 0.949. The molecule has 0 spiro atoms. The van der Waals surface area contributed by atoms with E-state index in [1.54, 1.807) is 6.92 Å². The first-order valence-electron chi connectivity index (χ1n) is 5.22. The van der Waals surface area contributed by atoms with Crippen molar-refractivity contribution in [3.05, 3.63) is 0 Å². The molecule has 7 nitrogen and oxygen atoms in total. The summed E-state index contributed by atoms with van der Waals surface area (Å²) in [6.45, 7) is 1.32. The zero-order valence-corrected chi connectivity index (χ0v) is 9.99. The van der Waals surface area contributed by atoms with Gasteiger partial charge in [0.25, 0.3) is 0 Å². The van der Waals surface area contributed by atoms with Gasteiger partial charge in [-0.05, 0) is 0 Å². The number of amides is 3. The van der Waals surface area contributed by atoms with E-state index in [1.165, 1.54) is 11.9 Å². The number of likely N-dealkylation sites (N-methyl/N-ethyl adjacent to an activating group) is 1. The molecule has 0 heterocycles. The average Bonchev–Trinajstić information content (AvgIpc) is 2.32. The highest BCUT2D eigenvalue weighted by molar-refractivity contribution is 5.88. The normalized spacial score (nSPS) is 9.29. The number of hydrogen-bond acceptors (Lipinski definition) is 4. The van der Waals surface area contributed by atoms with E-state index in [0.717, 1.165) is 0 Å². The van der Waals surface area contributed by atoms with Gasteiger partial charge in [0.15, 0.2) is 0 Å². The van der Waals surface area contributed by atoms with Crippen LogP contribution in [0.15, 0.2) is 0 Å².